The maximum Gasteiger partial charge on any atom is 0.194 e. The van der Waals surface area contributed by atoms with Crippen LogP contribution in [0.25, 0.3) is 0 Å². The lowest BCUT2D eigenvalue weighted by Gasteiger charge is -2.36. The molecule has 160 valence electrons. The third-order valence-electron chi connectivity index (χ3n) is 4.84. The molecule has 1 N–H and O–H groups in total. The van der Waals surface area contributed by atoms with E-state index in [4.69, 9.17) is 9.52 Å². The van der Waals surface area contributed by atoms with Gasteiger partial charge in [0.1, 0.15) is 11.6 Å². The van der Waals surface area contributed by atoms with E-state index in [1.807, 2.05) is 19.1 Å². The fraction of sp³-hybridized carbons (Fsp3) is 0.524. The van der Waals surface area contributed by atoms with Gasteiger partial charge < -0.3 is 14.7 Å². The van der Waals surface area contributed by atoms with Crippen LogP contribution in [0.4, 0.5) is 4.39 Å². The van der Waals surface area contributed by atoms with Gasteiger partial charge in [-0.2, -0.15) is 0 Å². The summed E-state index contributed by atoms with van der Waals surface area (Å²) in [5.74, 6) is 1.65. The van der Waals surface area contributed by atoms with Gasteiger partial charge in [0.05, 0.1) is 5.69 Å². The molecule has 1 saturated heterocycles. The lowest BCUT2D eigenvalue weighted by Crippen LogP contribution is -2.52. The Labute approximate surface area is 189 Å². The topological polar surface area (TPSA) is 56.9 Å². The zero-order chi connectivity index (χ0) is 19.8. The SMILES string of the molecule is CCNC(=NCCCc1cccc(F)c1)N1CCN(Cc2cc(C)on2)CC1.I. The summed E-state index contributed by atoms with van der Waals surface area (Å²) < 4.78 is 18.4. The third-order valence-corrected chi connectivity index (χ3v) is 4.84. The average Bonchev–Trinajstić information content (AvgIpc) is 3.10. The van der Waals surface area contributed by atoms with Gasteiger partial charge in [-0.25, -0.2) is 4.39 Å². The van der Waals surface area contributed by atoms with E-state index in [1.165, 1.54) is 6.07 Å². The molecule has 1 aliphatic rings. The van der Waals surface area contributed by atoms with E-state index >= 15 is 0 Å². The summed E-state index contributed by atoms with van der Waals surface area (Å²) in [7, 11) is 0. The Hall–Kier alpha value is -1.68. The minimum absolute atomic E-state index is 0. The van der Waals surface area contributed by atoms with Crippen molar-refractivity contribution in [3.63, 3.8) is 0 Å². The Morgan fingerprint density at radius 2 is 2.03 bits per heavy atom. The summed E-state index contributed by atoms with van der Waals surface area (Å²) in [6.07, 6.45) is 1.75. The minimum Gasteiger partial charge on any atom is -0.361 e. The molecule has 0 aliphatic carbocycles. The highest BCUT2D eigenvalue weighted by atomic mass is 127. The van der Waals surface area contributed by atoms with Gasteiger partial charge in [-0.3, -0.25) is 9.89 Å². The molecule has 0 amide bonds. The Kier molecular flexibility index (Phi) is 9.86. The number of hydrogen-bond donors (Lipinski definition) is 1. The van der Waals surface area contributed by atoms with Crippen molar-refractivity contribution >= 4 is 29.9 Å². The first-order chi connectivity index (χ1) is 13.6. The number of aromatic nitrogens is 1. The molecular weight excluding hydrogens is 484 g/mol. The largest absolute Gasteiger partial charge is 0.361 e. The van der Waals surface area contributed by atoms with Gasteiger partial charge in [-0.1, -0.05) is 17.3 Å². The van der Waals surface area contributed by atoms with Crippen LogP contribution in [-0.4, -0.2) is 60.2 Å². The second-order valence-electron chi connectivity index (χ2n) is 7.16. The van der Waals surface area contributed by atoms with Crippen LogP contribution in [0.2, 0.25) is 0 Å². The first-order valence-corrected chi connectivity index (χ1v) is 10.1. The number of halogens is 2. The van der Waals surface area contributed by atoms with Crippen molar-refractivity contribution in [1.29, 1.82) is 0 Å². The van der Waals surface area contributed by atoms with Crippen molar-refractivity contribution in [1.82, 2.24) is 20.3 Å². The van der Waals surface area contributed by atoms with Crippen molar-refractivity contribution in [2.24, 2.45) is 4.99 Å². The fourth-order valence-corrected chi connectivity index (χ4v) is 3.43. The molecule has 2 heterocycles. The molecule has 29 heavy (non-hydrogen) atoms. The lowest BCUT2D eigenvalue weighted by molar-refractivity contribution is 0.169. The fourth-order valence-electron chi connectivity index (χ4n) is 3.43. The number of rotatable bonds is 7. The van der Waals surface area contributed by atoms with Crippen LogP contribution in [0.5, 0.6) is 0 Å². The van der Waals surface area contributed by atoms with E-state index in [0.29, 0.717) is 0 Å². The highest BCUT2D eigenvalue weighted by molar-refractivity contribution is 14.0. The van der Waals surface area contributed by atoms with Gasteiger partial charge in [0.15, 0.2) is 5.96 Å². The molecule has 1 aliphatic heterocycles. The first kappa shape index (κ1) is 23.6. The molecule has 3 rings (SSSR count). The molecule has 0 spiro atoms. The van der Waals surface area contributed by atoms with E-state index in [-0.39, 0.29) is 29.8 Å². The maximum atomic E-state index is 13.3. The summed E-state index contributed by atoms with van der Waals surface area (Å²) >= 11 is 0. The van der Waals surface area contributed by atoms with Crippen molar-refractivity contribution < 1.29 is 8.91 Å². The molecule has 0 unspecified atom stereocenters. The standard InChI is InChI=1S/C21H30FN5O.HI/c1-3-23-21(24-9-5-7-18-6-4-8-19(22)15-18)27-12-10-26(11-13-27)16-20-14-17(2)28-25-20;/h4,6,8,14-15H,3,5,7,9-13,16H2,1-2H3,(H,23,24);1H. The van der Waals surface area contributed by atoms with Crippen LogP contribution in [0.15, 0.2) is 39.8 Å². The zero-order valence-electron chi connectivity index (χ0n) is 17.2. The molecule has 0 saturated carbocycles. The monoisotopic (exact) mass is 515 g/mol. The van der Waals surface area contributed by atoms with Crippen molar-refractivity contribution in [2.45, 2.75) is 33.2 Å². The summed E-state index contributed by atoms with van der Waals surface area (Å²) in [5.41, 5.74) is 2.01. The Morgan fingerprint density at radius 3 is 2.69 bits per heavy atom. The molecule has 1 aromatic heterocycles. The zero-order valence-corrected chi connectivity index (χ0v) is 19.6. The van der Waals surface area contributed by atoms with E-state index < -0.39 is 0 Å². The molecule has 0 atom stereocenters. The maximum absolute atomic E-state index is 13.3. The normalized spacial score (nSPS) is 15.3. The Morgan fingerprint density at radius 1 is 1.24 bits per heavy atom. The summed E-state index contributed by atoms with van der Waals surface area (Å²) in [4.78, 5) is 9.48. The molecule has 0 radical (unpaired) electrons. The van der Waals surface area contributed by atoms with Gasteiger partial charge in [-0.15, -0.1) is 24.0 Å². The van der Waals surface area contributed by atoms with Gasteiger partial charge in [-0.05, 0) is 44.4 Å². The predicted molar refractivity (Wildman–Crippen MR) is 124 cm³/mol. The van der Waals surface area contributed by atoms with Gasteiger partial charge in [0, 0.05) is 51.9 Å². The number of piperazine rings is 1. The highest BCUT2D eigenvalue weighted by Crippen LogP contribution is 2.10. The van der Waals surface area contributed by atoms with E-state index in [2.05, 4.69) is 27.2 Å². The minimum atomic E-state index is -0.173. The molecule has 0 bridgehead atoms. The second kappa shape index (κ2) is 12.1. The number of nitrogens with zero attached hydrogens (tertiary/aromatic N) is 4. The number of nitrogens with one attached hydrogen (secondary N) is 1. The van der Waals surface area contributed by atoms with Crippen molar-refractivity contribution in [2.75, 3.05) is 39.3 Å². The third kappa shape index (κ3) is 7.58. The van der Waals surface area contributed by atoms with E-state index in [0.717, 1.165) is 81.6 Å². The van der Waals surface area contributed by atoms with Crippen molar-refractivity contribution in [3.8, 4) is 0 Å². The molecule has 2 aromatic rings. The summed E-state index contributed by atoms with van der Waals surface area (Å²) in [6, 6.07) is 8.81. The van der Waals surface area contributed by atoms with Gasteiger partial charge in [0.25, 0.3) is 0 Å². The molecule has 1 aromatic carbocycles. The van der Waals surface area contributed by atoms with Crippen LogP contribution in [0.3, 0.4) is 0 Å². The Balaban J connectivity index is 0.00000300. The Bertz CT molecular complexity index is 774. The van der Waals surface area contributed by atoms with Crippen molar-refractivity contribution in [3.05, 3.63) is 53.2 Å². The number of guanidine groups is 1. The van der Waals surface area contributed by atoms with Crippen LogP contribution in [0, 0.1) is 12.7 Å². The lowest BCUT2D eigenvalue weighted by atomic mass is 10.1. The van der Waals surface area contributed by atoms with Gasteiger partial charge in [0.2, 0.25) is 0 Å². The quantitative estimate of drug-likeness (QED) is 0.265. The van der Waals surface area contributed by atoms with Crippen LogP contribution in [-0.2, 0) is 13.0 Å². The van der Waals surface area contributed by atoms with Crippen LogP contribution >= 0.6 is 24.0 Å². The second-order valence-corrected chi connectivity index (χ2v) is 7.16. The smallest absolute Gasteiger partial charge is 0.194 e. The first-order valence-electron chi connectivity index (χ1n) is 10.1. The van der Waals surface area contributed by atoms with Crippen LogP contribution in [0.1, 0.15) is 30.4 Å². The van der Waals surface area contributed by atoms with Gasteiger partial charge >= 0.3 is 0 Å². The van der Waals surface area contributed by atoms with E-state index in [9.17, 15) is 4.39 Å². The summed E-state index contributed by atoms with van der Waals surface area (Å²) in [6.45, 7) is 10.2. The number of benzene rings is 1. The van der Waals surface area contributed by atoms with E-state index in [1.54, 1.807) is 12.1 Å². The highest BCUT2D eigenvalue weighted by Gasteiger charge is 2.20. The molecule has 1 fully saturated rings. The van der Waals surface area contributed by atoms with Crippen LogP contribution < -0.4 is 5.32 Å². The number of aryl methyl sites for hydroxylation is 2. The number of hydrogen-bond acceptors (Lipinski definition) is 4. The summed E-state index contributed by atoms with van der Waals surface area (Å²) in [5, 5.41) is 7.48. The average molecular weight is 515 g/mol. The number of aliphatic imine (C=N–C) groups is 1. The molecular formula is C21H31FIN5O. The molecule has 6 nitrogen and oxygen atoms in total. The predicted octanol–water partition coefficient (Wildman–Crippen LogP) is 3.46. The molecule has 8 heteroatoms.